The smallest absolute Gasteiger partial charge is 0.335 e. The van der Waals surface area contributed by atoms with Crippen LogP contribution in [0.2, 0.25) is 0 Å². The number of carbonyl (C=O) groups is 4. The molecule has 0 aromatic heterocycles. The van der Waals surface area contributed by atoms with Gasteiger partial charge in [-0.05, 0) is 54.1 Å². The summed E-state index contributed by atoms with van der Waals surface area (Å²) in [4.78, 5) is 47.6. The fourth-order valence-corrected chi connectivity index (χ4v) is 3.13. The summed E-state index contributed by atoms with van der Waals surface area (Å²) in [7, 11) is 0. The monoisotopic (exact) mass is 445 g/mol. The van der Waals surface area contributed by atoms with E-state index in [9.17, 15) is 19.2 Å². The van der Waals surface area contributed by atoms with Gasteiger partial charge in [-0.25, -0.2) is 4.79 Å². The lowest BCUT2D eigenvalue weighted by Gasteiger charge is -2.18. The van der Waals surface area contributed by atoms with Gasteiger partial charge in [-0.15, -0.1) is 0 Å². The third-order valence-corrected chi connectivity index (χ3v) is 4.78. The zero-order chi connectivity index (χ0) is 23.8. The van der Waals surface area contributed by atoms with E-state index in [2.05, 4.69) is 16.0 Å². The maximum atomic E-state index is 12.7. The highest BCUT2D eigenvalue weighted by atomic mass is 16.4. The predicted molar refractivity (Wildman–Crippen MR) is 124 cm³/mol. The van der Waals surface area contributed by atoms with Gasteiger partial charge in [0.1, 0.15) is 6.04 Å². The van der Waals surface area contributed by atoms with Crippen LogP contribution in [-0.2, 0) is 16.0 Å². The summed E-state index contributed by atoms with van der Waals surface area (Å²) in [6.07, 6.45) is 0.228. The molecule has 0 bridgehead atoms. The quantitative estimate of drug-likeness (QED) is 0.423. The first-order valence-electron chi connectivity index (χ1n) is 10.2. The Kier molecular flexibility index (Phi) is 7.54. The molecule has 4 N–H and O–H groups in total. The second-order valence-electron chi connectivity index (χ2n) is 7.35. The van der Waals surface area contributed by atoms with Crippen molar-refractivity contribution in [1.82, 2.24) is 5.32 Å². The summed E-state index contributed by atoms with van der Waals surface area (Å²) < 4.78 is 0. The summed E-state index contributed by atoms with van der Waals surface area (Å²) in [6, 6.07) is 20.7. The van der Waals surface area contributed by atoms with E-state index in [0.717, 1.165) is 5.56 Å². The molecule has 0 spiro atoms. The lowest BCUT2D eigenvalue weighted by molar-refractivity contribution is -0.125. The van der Waals surface area contributed by atoms with Crippen LogP contribution in [-0.4, -0.2) is 34.8 Å². The molecule has 8 nitrogen and oxygen atoms in total. The van der Waals surface area contributed by atoms with E-state index in [1.54, 1.807) is 48.5 Å². The average molecular weight is 445 g/mol. The third-order valence-electron chi connectivity index (χ3n) is 4.78. The molecule has 0 aliphatic rings. The Bertz CT molecular complexity index is 1140. The standard InChI is InChI=1S/C25H23N3O5/c1-16(29)26-22(24(31)28-21-13-9-19(10-14-21)25(32)33)15-17-7-11-20(12-8-17)27-23(30)18-5-3-2-4-6-18/h2-14,22H,15H2,1H3,(H,26,29)(H,27,30)(H,28,31)(H,32,33). The molecular formula is C25H23N3O5. The first-order valence-corrected chi connectivity index (χ1v) is 10.2. The first kappa shape index (κ1) is 23.2. The van der Waals surface area contributed by atoms with E-state index >= 15 is 0 Å². The molecule has 168 valence electrons. The van der Waals surface area contributed by atoms with Crippen molar-refractivity contribution in [2.45, 2.75) is 19.4 Å². The molecule has 0 radical (unpaired) electrons. The molecular weight excluding hydrogens is 422 g/mol. The van der Waals surface area contributed by atoms with Crippen LogP contribution in [0.25, 0.3) is 0 Å². The van der Waals surface area contributed by atoms with Crippen LogP contribution in [0.15, 0.2) is 78.9 Å². The van der Waals surface area contributed by atoms with E-state index in [1.165, 1.54) is 31.2 Å². The minimum absolute atomic E-state index is 0.103. The number of rotatable bonds is 8. The average Bonchev–Trinajstić information content (AvgIpc) is 2.80. The van der Waals surface area contributed by atoms with Gasteiger partial charge in [0.05, 0.1) is 5.56 Å². The number of nitrogens with one attached hydrogen (secondary N) is 3. The van der Waals surface area contributed by atoms with Gasteiger partial charge >= 0.3 is 5.97 Å². The van der Waals surface area contributed by atoms with E-state index in [-0.39, 0.29) is 23.8 Å². The Labute approximate surface area is 190 Å². The van der Waals surface area contributed by atoms with Crippen LogP contribution in [0.4, 0.5) is 11.4 Å². The van der Waals surface area contributed by atoms with Crippen molar-refractivity contribution in [3.05, 3.63) is 95.6 Å². The van der Waals surface area contributed by atoms with Crippen LogP contribution < -0.4 is 16.0 Å². The number of aromatic carboxylic acids is 1. The van der Waals surface area contributed by atoms with Gasteiger partial charge in [0.2, 0.25) is 11.8 Å². The Morgan fingerprint density at radius 3 is 1.91 bits per heavy atom. The molecule has 0 aliphatic heterocycles. The van der Waals surface area contributed by atoms with Gasteiger partial charge < -0.3 is 21.1 Å². The Hall–Kier alpha value is -4.46. The summed E-state index contributed by atoms with van der Waals surface area (Å²) in [5.41, 5.74) is 2.44. The predicted octanol–water partition coefficient (Wildman–Crippen LogP) is 3.32. The fraction of sp³-hybridized carbons (Fsp3) is 0.120. The molecule has 33 heavy (non-hydrogen) atoms. The van der Waals surface area contributed by atoms with Crippen molar-refractivity contribution in [3.63, 3.8) is 0 Å². The molecule has 8 heteroatoms. The van der Waals surface area contributed by atoms with Gasteiger partial charge in [0, 0.05) is 30.3 Å². The SMILES string of the molecule is CC(=O)NC(Cc1ccc(NC(=O)c2ccccc2)cc1)C(=O)Nc1ccc(C(=O)O)cc1. The Morgan fingerprint density at radius 1 is 0.758 bits per heavy atom. The number of hydrogen-bond donors (Lipinski definition) is 4. The van der Waals surface area contributed by atoms with E-state index < -0.39 is 17.9 Å². The Morgan fingerprint density at radius 2 is 1.33 bits per heavy atom. The largest absolute Gasteiger partial charge is 0.478 e. The second-order valence-corrected chi connectivity index (χ2v) is 7.35. The topological polar surface area (TPSA) is 125 Å². The van der Waals surface area contributed by atoms with Gasteiger partial charge in [-0.1, -0.05) is 30.3 Å². The van der Waals surface area contributed by atoms with Crippen LogP contribution in [0.3, 0.4) is 0 Å². The summed E-state index contributed by atoms with van der Waals surface area (Å²) in [5, 5.41) is 17.1. The molecule has 0 saturated heterocycles. The third kappa shape index (κ3) is 6.76. The molecule has 3 aromatic carbocycles. The van der Waals surface area contributed by atoms with Crippen molar-refractivity contribution in [2.75, 3.05) is 10.6 Å². The number of amides is 3. The fourth-order valence-electron chi connectivity index (χ4n) is 3.13. The highest BCUT2D eigenvalue weighted by Crippen LogP contribution is 2.15. The summed E-state index contributed by atoms with van der Waals surface area (Å²) in [6.45, 7) is 1.32. The minimum atomic E-state index is -1.06. The lowest BCUT2D eigenvalue weighted by Crippen LogP contribution is -2.44. The van der Waals surface area contributed by atoms with Gasteiger partial charge in [-0.2, -0.15) is 0 Å². The van der Waals surface area contributed by atoms with Crippen LogP contribution >= 0.6 is 0 Å². The highest BCUT2D eigenvalue weighted by molar-refractivity contribution is 6.04. The van der Waals surface area contributed by atoms with Crippen LogP contribution in [0.1, 0.15) is 33.2 Å². The van der Waals surface area contributed by atoms with Crippen molar-refractivity contribution < 1.29 is 24.3 Å². The highest BCUT2D eigenvalue weighted by Gasteiger charge is 2.20. The molecule has 3 amide bonds. The van der Waals surface area contributed by atoms with E-state index in [0.29, 0.717) is 16.9 Å². The van der Waals surface area contributed by atoms with Crippen molar-refractivity contribution in [2.24, 2.45) is 0 Å². The van der Waals surface area contributed by atoms with Crippen LogP contribution in [0, 0.1) is 0 Å². The van der Waals surface area contributed by atoms with Gasteiger partial charge in [0.15, 0.2) is 0 Å². The van der Waals surface area contributed by atoms with Crippen molar-refractivity contribution in [3.8, 4) is 0 Å². The zero-order valence-electron chi connectivity index (χ0n) is 17.9. The second kappa shape index (κ2) is 10.7. The zero-order valence-corrected chi connectivity index (χ0v) is 17.9. The van der Waals surface area contributed by atoms with E-state index in [4.69, 9.17) is 5.11 Å². The van der Waals surface area contributed by atoms with E-state index in [1.807, 2.05) is 6.07 Å². The molecule has 0 aliphatic carbocycles. The van der Waals surface area contributed by atoms with Gasteiger partial charge in [0.25, 0.3) is 5.91 Å². The molecule has 3 rings (SSSR count). The number of benzene rings is 3. The molecule has 0 saturated carbocycles. The molecule has 1 atom stereocenters. The molecule has 3 aromatic rings. The number of carboxylic acids is 1. The summed E-state index contributed by atoms with van der Waals surface area (Å²) >= 11 is 0. The van der Waals surface area contributed by atoms with Crippen molar-refractivity contribution in [1.29, 1.82) is 0 Å². The maximum Gasteiger partial charge on any atom is 0.335 e. The Balaban J connectivity index is 1.65. The first-order chi connectivity index (χ1) is 15.8. The number of anilines is 2. The van der Waals surface area contributed by atoms with Crippen molar-refractivity contribution >= 4 is 35.1 Å². The lowest BCUT2D eigenvalue weighted by atomic mass is 10.0. The van der Waals surface area contributed by atoms with Gasteiger partial charge in [-0.3, -0.25) is 14.4 Å². The van der Waals surface area contributed by atoms with Crippen LogP contribution in [0.5, 0.6) is 0 Å². The molecule has 1 unspecified atom stereocenters. The molecule has 0 heterocycles. The molecule has 0 fully saturated rings. The summed E-state index contributed by atoms with van der Waals surface area (Å²) in [5.74, 6) is -2.09. The normalized spacial score (nSPS) is 11.2. The maximum absolute atomic E-state index is 12.7. The number of hydrogen-bond acceptors (Lipinski definition) is 4. The number of carbonyl (C=O) groups excluding carboxylic acids is 3. The number of carboxylic acid groups (broad SMARTS) is 1. The minimum Gasteiger partial charge on any atom is -0.478 e.